The third kappa shape index (κ3) is 5.70. The second-order valence-corrected chi connectivity index (χ2v) is 12.7. The second-order valence-electron chi connectivity index (χ2n) is 9.17. The molecule has 1 saturated heterocycles. The minimum atomic E-state index is -3.79. The summed E-state index contributed by atoms with van der Waals surface area (Å²) in [6, 6.07) is 13.8. The van der Waals surface area contributed by atoms with Crippen LogP contribution in [0.1, 0.15) is 5.56 Å². The summed E-state index contributed by atoms with van der Waals surface area (Å²) in [6.07, 6.45) is 3.26. The molecule has 0 atom stereocenters. The van der Waals surface area contributed by atoms with Crippen LogP contribution in [-0.2, 0) is 25.8 Å². The van der Waals surface area contributed by atoms with Gasteiger partial charge >= 0.3 is 0 Å². The minimum absolute atomic E-state index is 0.143. The third-order valence-electron chi connectivity index (χ3n) is 6.59. The minimum Gasteiger partial charge on any atom is -0.495 e. The fourth-order valence-electron chi connectivity index (χ4n) is 4.62. The molecule has 0 amide bonds. The first-order chi connectivity index (χ1) is 19.1. The monoisotopic (exact) mass is 584 g/mol. The molecular weight excluding hydrogens is 556 g/mol. The van der Waals surface area contributed by atoms with Crippen LogP contribution in [0.15, 0.2) is 65.8 Å². The molecule has 1 aliphatic rings. The van der Waals surface area contributed by atoms with Crippen LogP contribution >= 0.6 is 0 Å². The number of sulfonamides is 2. The van der Waals surface area contributed by atoms with Crippen LogP contribution in [0.4, 0.5) is 5.82 Å². The summed E-state index contributed by atoms with van der Waals surface area (Å²) in [5.74, 6) is 0.715. The number of rotatable bonds is 8. The Kier molecular flexibility index (Phi) is 7.59. The van der Waals surface area contributed by atoms with Gasteiger partial charge in [0.15, 0.2) is 0 Å². The highest BCUT2D eigenvalue weighted by molar-refractivity contribution is 7.89. The van der Waals surface area contributed by atoms with Crippen molar-refractivity contribution >= 4 is 36.9 Å². The number of hydrogen-bond acceptors (Lipinski definition) is 10. The van der Waals surface area contributed by atoms with E-state index in [0.29, 0.717) is 46.8 Å². The Hall–Kier alpha value is -3.85. The van der Waals surface area contributed by atoms with Crippen molar-refractivity contribution < 1.29 is 26.3 Å². The molecule has 210 valence electrons. The molecular formula is C26H28N6O6S2. The van der Waals surface area contributed by atoms with Crippen molar-refractivity contribution in [2.24, 2.45) is 5.14 Å². The second kappa shape index (κ2) is 11.0. The fourth-order valence-corrected chi connectivity index (χ4v) is 6.84. The SMILES string of the molecule is COc1ccccc1S(=O)(=O)N1CCN(c2cnc3ccc(-c4cnc(OC)c(CS(N)(=O)=O)c4)cc3n2)CC1. The van der Waals surface area contributed by atoms with E-state index in [9.17, 15) is 16.8 Å². The molecule has 0 radical (unpaired) electrons. The van der Waals surface area contributed by atoms with Gasteiger partial charge in [-0.1, -0.05) is 18.2 Å². The standard InChI is InChI=1S/C26H28N6O6S2/c1-37-23-5-3-4-6-24(23)40(35,36)32-11-9-31(10-12-32)25-16-28-21-8-7-18(14-22(21)30-25)19-13-20(17-39(27,33)34)26(38-2)29-15-19/h3-8,13-16H,9-12,17H2,1-2H3,(H2,27,33,34). The fraction of sp³-hybridized carbons (Fsp3) is 0.269. The van der Waals surface area contributed by atoms with Crippen molar-refractivity contribution in [2.75, 3.05) is 45.3 Å². The summed E-state index contributed by atoms with van der Waals surface area (Å²) in [4.78, 5) is 15.7. The molecule has 2 aromatic carbocycles. The topological polar surface area (TPSA) is 158 Å². The van der Waals surface area contributed by atoms with E-state index < -0.39 is 25.8 Å². The molecule has 1 aliphatic heterocycles. The zero-order chi connectivity index (χ0) is 28.5. The molecule has 0 spiro atoms. The summed E-state index contributed by atoms with van der Waals surface area (Å²) in [5.41, 5.74) is 3.09. The van der Waals surface area contributed by atoms with Gasteiger partial charge in [-0.05, 0) is 35.9 Å². The average molecular weight is 585 g/mol. The maximum absolute atomic E-state index is 13.2. The zero-order valence-electron chi connectivity index (χ0n) is 21.9. The number of piperazine rings is 1. The lowest BCUT2D eigenvalue weighted by molar-refractivity contribution is 0.373. The number of hydrogen-bond donors (Lipinski definition) is 1. The first-order valence-electron chi connectivity index (χ1n) is 12.3. The van der Waals surface area contributed by atoms with Gasteiger partial charge in [-0.2, -0.15) is 4.31 Å². The van der Waals surface area contributed by atoms with E-state index in [2.05, 4.69) is 9.97 Å². The van der Waals surface area contributed by atoms with Crippen molar-refractivity contribution in [3.05, 3.63) is 66.5 Å². The van der Waals surface area contributed by atoms with Gasteiger partial charge in [0, 0.05) is 43.5 Å². The number of anilines is 1. The van der Waals surface area contributed by atoms with Gasteiger partial charge in [-0.15, -0.1) is 0 Å². The summed E-state index contributed by atoms with van der Waals surface area (Å²) >= 11 is 0. The van der Waals surface area contributed by atoms with E-state index >= 15 is 0 Å². The highest BCUT2D eigenvalue weighted by Gasteiger charge is 2.31. The van der Waals surface area contributed by atoms with Crippen LogP contribution in [0.2, 0.25) is 0 Å². The molecule has 5 rings (SSSR count). The molecule has 12 nitrogen and oxygen atoms in total. The van der Waals surface area contributed by atoms with Gasteiger partial charge in [0.25, 0.3) is 0 Å². The van der Waals surface area contributed by atoms with Gasteiger partial charge in [-0.25, -0.2) is 31.9 Å². The Balaban J connectivity index is 1.37. The largest absolute Gasteiger partial charge is 0.495 e. The lowest BCUT2D eigenvalue weighted by Gasteiger charge is -2.34. The summed E-state index contributed by atoms with van der Waals surface area (Å²) in [5, 5.41) is 5.24. The van der Waals surface area contributed by atoms with Crippen LogP contribution in [0.5, 0.6) is 11.6 Å². The molecule has 0 aliphatic carbocycles. The van der Waals surface area contributed by atoms with Crippen molar-refractivity contribution in [1.29, 1.82) is 0 Å². The molecule has 1 fully saturated rings. The van der Waals surface area contributed by atoms with E-state index in [4.69, 9.17) is 19.6 Å². The van der Waals surface area contributed by atoms with E-state index in [-0.39, 0.29) is 23.9 Å². The van der Waals surface area contributed by atoms with Crippen molar-refractivity contribution in [1.82, 2.24) is 19.3 Å². The van der Waals surface area contributed by atoms with Gasteiger partial charge in [0.1, 0.15) is 16.5 Å². The number of fused-ring (bicyclic) bond motifs is 1. The lowest BCUT2D eigenvalue weighted by Crippen LogP contribution is -2.49. The van der Waals surface area contributed by atoms with Crippen LogP contribution < -0.4 is 19.5 Å². The number of methoxy groups -OCH3 is 2. The maximum Gasteiger partial charge on any atom is 0.246 e. The number of para-hydroxylation sites is 1. The Labute approximate surface area is 232 Å². The summed E-state index contributed by atoms with van der Waals surface area (Å²) in [6.45, 7) is 1.44. The van der Waals surface area contributed by atoms with Crippen molar-refractivity contribution in [2.45, 2.75) is 10.6 Å². The molecule has 40 heavy (non-hydrogen) atoms. The van der Waals surface area contributed by atoms with Crippen molar-refractivity contribution in [3.63, 3.8) is 0 Å². The molecule has 2 aromatic heterocycles. The highest BCUT2D eigenvalue weighted by atomic mass is 32.2. The van der Waals surface area contributed by atoms with Crippen LogP contribution in [0.25, 0.3) is 22.2 Å². The molecule has 0 saturated carbocycles. The van der Waals surface area contributed by atoms with Gasteiger partial charge in [0.2, 0.25) is 25.9 Å². The Morgan fingerprint density at radius 2 is 1.60 bits per heavy atom. The first kappa shape index (κ1) is 27.7. The van der Waals surface area contributed by atoms with Crippen LogP contribution in [-0.4, -0.2) is 76.5 Å². The van der Waals surface area contributed by atoms with Crippen LogP contribution in [0.3, 0.4) is 0 Å². The molecule has 0 unspecified atom stereocenters. The van der Waals surface area contributed by atoms with E-state index in [1.165, 1.54) is 18.5 Å². The molecule has 14 heteroatoms. The zero-order valence-corrected chi connectivity index (χ0v) is 23.5. The number of nitrogens with zero attached hydrogens (tertiary/aromatic N) is 5. The summed E-state index contributed by atoms with van der Waals surface area (Å²) < 4.78 is 61.8. The number of ether oxygens (including phenoxy) is 2. The first-order valence-corrected chi connectivity index (χ1v) is 15.4. The predicted octanol–water partition coefficient (Wildman–Crippen LogP) is 2.01. The number of primary sulfonamides is 1. The number of nitrogens with two attached hydrogens (primary N) is 1. The number of benzene rings is 2. The molecule has 4 aromatic rings. The smallest absolute Gasteiger partial charge is 0.246 e. The number of pyridine rings is 1. The van der Waals surface area contributed by atoms with Crippen LogP contribution in [0, 0.1) is 0 Å². The average Bonchev–Trinajstić information content (AvgIpc) is 2.95. The van der Waals surface area contributed by atoms with Gasteiger partial charge in [0.05, 0.1) is 37.2 Å². The Bertz CT molecular complexity index is 1770. The lowest BCUT2D eigenvalue weighted by atomic mass is 10.1. The quantitative estimate of drug-likeness (QED) is 0.325. The van der Waals surface area contributed by atoms with Gasteiger partial charge in [-0.3, -0.25) is 4.98 Å². The highest BCUT2D eigenvalue weighted by Crippen LogP contribution is 2.30. The maximum atomic E-state index is 13.2. The summed E-state index contributed by atoms with van der Waals surface area (Å²) in [7, 11) is -4.64. The van der Waals surface area contributed by atoms with Crippen molar-refractivity contribution in [3.8, 4) is 22.8 Å². The molecule has 2 N–H and O–H groups in total. The van der Waals surface area contributed by atoms with E-state index in [1.807, 2.05) is 23.1 Å². The third-order valence-corrected chi connectivity index (χ3v) is 9.24. The van der Waals surface area contributed by atoms with Gasteiger partial charge < -0.3 is 14.4 Å². The normalized spacial score (nSPS) is 14.8. The van der Waals surface area contributed by atoms with E-state index in [0.717, 1.165) is 5.56 Å². The van der Waals surface area contributed by atoms with E-state index in [1.54, 1.807) is 42.7 Å². The number of aromatic nitrogens is 3. The Morgan fingerprint density at radius 3 is 2.30 bits per heavy atom. The Morgan fingerprint density at radius 1 is 0.850 bits per heavy atom. The molecule has 0 bridgehead atoms. The molecule has 3 heterocycles. The predicted molar refractivity (Wildman–Crippen MR) is 150 cm³/mol.